The monoisotopic (exact) mass is 449 g/mol. The number of nitrogens with one attached hydrogen (secondary N) is 2. The Bertz CT molecular complexity index is 1040. The summed E-state index contributed by atoms with van der Waals surface area (Å²) in [5.74, 6) is 0.0716. The highest BCUT2D eigenvalue weighted by Crippen LogP contribution is 2.34. The van der Waals surface area contributed by atoms with E-state index in [1.165, 1.54) is 18.8 Å². The fourth-order valence-electron chi connectivity index (χ4n) is 2.49. The van der Waals surface area contributed by atoms with E-state index in [2.05, 4.69) is 20.8 Å². The van der Waals surface area contributed by atoms with Crippen LogP contribution in [0.3, 0.4) is 0 Å². The van der Waals surface area contributed by atoms with Crippen LogP contribution in [0.5, 0.6) is 0 Å². The predicted octanol–water partition coefficient (Wildman–Crippen LogP) is 4.18. The zero-order valence-electron chi connectivity index (χ0n) is 15.5. The van der Waals surface area contributed by atoms with Crippen LogP contribution in [0.15, 0.2) is 53.7 Å². The first-order valence-electron chi connectivity index (χ1n) is 8.56. The van der Waals surface area contributed by atoms with Gasteiger partial charge in [-0.25, -0.2) is 4.79 Å². The average molecular weight is 450 g/mol. The van der Waals surface area contributed by atoms with Crippen LogP contribution in [0.25, 0.3) is 17.1 Å². The van der Waals surface area contributed by atoms with E-state index in [1.54, 1.807) is 25.1 Å². The second-order valence-corrected chi connectivity index (χ2v) is 8.08. The van der Waals surface area contributed by atoms with Crippen molar-refractivity contribution in [3.63, 3.8) is 0 Å². The molecule has 1 heterocycles. The second-order valence-electron chi connectivity index (χ2n) is 5.93. The highest BCUT2D eigenvalue weighted by atomic mass is 35.5. The molecule has 10 heteroatoms. The maximum Gasteiger partial charge on any atom is 0.321 e. The minimum absolute atomic E-state index is 0.434. The number of para-hydroxylation sites is 1. The van der Waals surface area contributed by atoms with Gasteiger partial charge in [0, 0.05) is 23.3 Å². The molecular weight excluding hydrogens is 433 g/mol. The van der Waals surface area contributed by atoms with E-state index in [0.717, 1.165) is 5.69 Å². The van der Waals surface area contributed by atoms with Crippen molar-refractivity contribution in [3.05, 3.63) is 58.6 Å². The summed E-state index contributed by atoms with van der Waals surface area (Å²) in [5, 5.41) is 14.0. The van der Waals surface area contributed by atoms with Gasteiger partial charge in [0.25, 0.3) is 0 Å². The summed E-state index contributed by atoms with van der Waals surface area (Å²) in [4.78, 5) is 23.7. The normalized spacial score (nSPS) is 11.7. The molecule has 29 heavy (non-hydrogen) atoms. The SMILES string of the molecule is CNC(=O)NC(=O)C(C)Sc1nnc(-c2ccc(Cl)cc2Cl)n1-c1ccccc1. The number of carbonyl (C=O) groups excluding carboxylic acids is 2. The van der Waals surface area contributed by atoms with Crippen molar-refractivity contribution in [3.8, 4) is 17.1 Å². The van der Waals surface area contributed by atoms with Crippen LogP contribution in [0.1, 0.15) is 6.92 Å². The number of benzene rings is 2. The molecule has 3 rings (SSSR count). The van der Waals surface area contributed by atoms with E-state index >= 15 is 0 Å². The fraction of sp³-hybridized carbons (Fsp3) is 0.158. The Labute approximate surface area is 181 Å². The molecule has 0 aliphatic rings. The number of urea groups is 1. The quantitative estimate of drug-likeness (QED) is 0.570. The van der Waals surface area contributed by atoms with Gasteiger partial charge in [-0.1, -0.05) is 53.2 Å². The van der Waals surface area contributed by atoms with E-state index in [1.807, 2.05) is 34.9 Å². The van der Waals surface area contributed by atoms with Crippen LogP contribution < -0.4 is 10.6 Å². The minimum Gasteiger partial charge on any atom is -0.341 e. The van der Waals surface area contributed by atoms with Crippen molar-refractivity contribution < 1.29 is 9.59 Å². The van der Waals surface area contributed by atoms with Crippen molar-refractivity contribution in [1.29, 1.82) is 0 Å². The molecule has 0 saturated carbocycles. The maximum atomic E-state index is 12.2. The van der Waals surface area contributed by atoms with Crippen LogP contribution in [0.4, 0.5) is 4.79 Å². The van der Waals surface area contributed by atoms with E-state index in [4.69, 9.17) is 23.2 Å². The fourth-order valence-corrected chi connectivity index (χ4v) is 3.85. The Hall–Kier alpha value is -2.55. The van der Waals surface area contributed by atoms with E-state index in [0.29, 0.717) is 26.6 Å². The first-order valence-corrected chi connectivity index (χ1v) is 10.2. The van der Waals surface area contributed by atoms with Crippen LogP contribution in [0.2, 0.25) is 10.0 Å². The van der Waals surface area contributed by atoms with Crippen LogP contribution in [0, 0.1) is 0 Å². The lowest BCUT2D eigenvalue weighted by atomic mass is 10.2. The number of halogens is 2. The van der Waals surface area contributed by atoms with Gasteiger partial charge in [-0.3, -0.25) is 14.7 Å². The van der Waals surface area contributed by atoms with Crippen LogP contribution in [-0.4, -0.2) is 39.0 Å². The number of rotatable bonds is 5. The van der Waals surface area contributed by atoms with Gasteiger partial charge < -0.3 is 5.32 Å². The smallest absolute Gasteiger partial charge is 0.321 e. The summed E-state index contributed by atoms with van der Waals surface area (Å²) in [7, 11) is 1.44. The van der Waals surface area contributed by atoms with Crippen molar-refractivity contribution in [2.45, 2.75) is 17.3 Å². The molecule has 0 fully saturated rings. The Balaban J connectivity index is 2.01. The molecule has 0 saturated heterocycles. The number of nitrogens with zero attached hydrogens (tertiary/aromatic N) is 3. The molecule has 7 nitrogen and oxygen atoms in total. The van der Waals surface area contributed by atoms with Crippen molar-refractivity contribution in [2.24, 2.45) is 0 Å². The van der Waals surface area contributed by atoms with Gasteiger partial charge in [-0.2, -0.15) is 0 Å². The summed E-state index contributed by atoms with van der Waals surface area (Å²) >= 11 is 13.6. The third-order valence-electron chi connectivity index (χ3n) is 3.93. The number of amides is 3. The van der Waals surface area contributed by atoms with Crippen molar-refractivity contribution in [2.75, 3.05) is 7.05 Å². The number of thioether (sulfide) groups is 1. The molecule has 2 aromatic carbocycles. The molecule has 3 aromatic rings. The number of carbonyl (C=O) groups is 2. The maximum absolute atomic E-state index is 12.2. The predicted molar refractivity (Wildman–Crippen MR) is 115 cm³/mol. The molecule has 1 atom stereocenters. The summed E-state index contributed by atoms with van der Waals surface area (Å²) in [5.41, 5.74) is 1.46. The van der Waals surface area contributed by atoms with E-state index < -0.39 is 17.2 Å². The number of hydrogen-bond acceptors (Lipinski definition) is 5. The Morgan fingerprint density at radius 3 is 2.48 bits per heavy atom. The minimum atomic E-state index is -0.590. The lowest BCUT2D eigenvalue weighted by Crippen LogP contribution is -2.41. The molecule has 1 aromatic heterocycles. The highest BCUT2D eigenvalue weighted by molar-refractivity contribution is 8.00. The largest absolute Gasteiger partial charge is 0.341 e. The lowest BCUT2D eigenvalue weighted by Gasteiger charge is -2.14. The molecule has 150 valence electrons. The molecule has 0 spiro atoms. The molecule has 0 radical (unpaired) electrons. The number of imide groups is 1. The summed E-state index contributed by atoms with van der Waals surface area (Å²) < 4.78 is 1.81. The second kappa shape index (κ2) is 9.30. The van der Waals surface area contributed by atoms with Crippen LogP contribution in [-0.2, 0) is 4.79 Å². The van der Waals surface area contributed by atoms with E-state index in [9.17, 15) is 9.59 Å². The molecule has 0 bridgehead atoms. The van der Waals surface area contributed by atoms with Gasteiger partial charge in [0.15, 0.2) is 11.0 Å². The van der Waals surface area contributed by atoms with Crippen LogP contribution >= 0.6 is 35.0 Å². The molecule has 1 unspecified atom stereocenters. The number of aromatic nitrogens is 3. The van der Waals surface area contributed by atoms with Gasteiger partial charge in [-0.05, 0) is 37.3 Å². The zero-order valence-corrected chi connectivity index (χ0v) is 17.8. The highest BCUT2D eigenvalue weighted by Gasteiger charge is 2.23. The van der Waals surface area contributed by atoms with Gasteiger partial charge >= 0.3 is 6.03 Å². The Morgan fingerprint density at radius 1 is 1.10 bits per heavy atom. The van der Waals surface area contributed by atoms with Crippen molar-refractivity contribution >= 4 is 46.9 Å². The summed E-state index contributed by atoms with van der Waals surface area (Å²) in [6.45, 7) is 1.68. The first kappa shape index (κ1) is 21.2. The topological polar surface area (TPSA) is 88.9 Å². The lowest BCUT2D eigenvalue weighted by molar-refractivity contribution is -0.119. The third-order valence-corrected chi connectivity index (χ3v) is 5.53. The van der Waals surface area contributed by atoms with Gasteiger partial charge in [0.1, 0.15) is 0 Å². The third kappa shape index (κ3) is 4.90. The number of hydrogen-bond donors (Lipinski definition) is 2. The first-order chi connectivity index (χ1) is 13.9. The molecule has 0 aliphatic carbocycles. The average Bonchev–Trinajstić information content (AvgIpc) is 3.11. The van der Waals surface area contributed by atoms with Gasteiger partial charge in [-0.15, -0.1) is 10.2 Å². The molecule has 0 aliphatic heterocycles. The van der Waals surface area contributed by atoms with Gasteiger partial charge in [0.05, 0.1) is 10.3 Å². The summed E-state index contributed by atoms with van der Waals surface area (Å²) in [6.07, 6.45) is 0. The standard InChI is InChI=1S/C19H17Cl2N5O2S/c1-11(17(27)23-18(28)22-2)29-19-25-24-16(14-9-8-12(20)10-15(14)21)26(19)13-6-4-3-5-7-13/h3-11H,1-2H3,(H2,22,23,27,28). The molecular formula is C19H17Cl2N5O2S. The van der Waals surface area contributed by atoms with Crippen molar-refractivity contribution in [1.82, 2.24) is 25.4 Å². The zero-order chi connectivity index (χ0) is 21.0. The Morgan fingerprint density at radius 2 is 1.83 bits per heavy atom. The summed E-state index contributed by atoms with van der Waals surface area (Å²) in [6, 6.07) is 14.0. The van der Waals surface area contributed by atoms with E-state index in [-0.39, 0.29) is 0 Å². The molecule has 3 amide bonds. The Kier molecular flexibility index (Phi) is 6.79. The molecule has 2 N–H and O–H groups in total. The van der Waals surface area contributed by atoms with Gasteiger partial charge in [0.2, 0.25) is 5.91 Å².